The Morgan fingerprint density at radius 1 is 1.19 bits per heavy atom. The van der Waals surface area contributed by atoms with Crippen molar-refractivity contribution in [3.05, 3.63) is 64.7 Å². The lowest BCUT2D eigenvalue weighted by atomic mass is 9.88. The van der Waals surface area contributed by atoms with Crippen LogP contribution >= 0.6 is 0 Å². The van der Waals surface area contributed by atoms with Crippen molar-refractivity contribution in [1.82, 2.24) is 5.32 Å². The van der Waals surface area contributed by atoms with Gasteiger partial charge in [-0.1, -0.05) is 35.9 Å². The molecule has 0 aliphatic heterocycles. The molecular formula is C21H23NO4. The zero-order chi connectivity index (χ0) is 18.5. The van der Waals surface area contributed by atoms with Gasteiger partial charge in [0.25, 0.3) is 5.91 Å². The lowest BCUT2D eigenvalue weighted by Gasteiger charge is -2.26. The number of carbonyl (C=O) groups excluding carboxylic acids is 2. The van der Waals surface area contributed by atoms with Crippen LogP contribution in [0.5, 0.6) is 5.75 Å². The number of hydrogen-bond donors (Lipinski definition) is 1. The molecule has 1 aliphatic carbocycles. The van der Waals surface area contributed by atoms with Crippen LogP contribution in [0.1, 0.15) is 45.9 Å². The highest BCUT2D eigenvalue weighted by atomic mass is 16.5. The third-order valence-electron chi connectivity index (χ3n) is 4.61. The molecule has 2 aromatic carbocycles. The zero-order valence-electron chi connectivity index (χ0n) is 15.1. The molecule has 0 spiro atoms. The summed E-state index contributed by atoms with van der Waals surface area (Å²) < 4.78 is 10.4. The van der Waals surface area contributed by atoms with E-state index in [-0.39, 0.29) is 18.6 Å². The monoisotopic (exact) mass is 353 g/mol. The fourth-order valence-electron chi connectivity index (χ4n) is 3.33. The van der Waals surface area contributed by atoms with Crippen molar-refractivity contribution in [2.24, 2.45) is 0 Å². The standard InChI is InChI=1S/C21H23NO4/c1-14-10-11-19(25-2)17(12-14)21(24)26-13-20(23)22-18-9-5-7-15-6-3-4-8-16(15)18/h3-4,6,8,10-12,18H,5,7,9,13H2,1-2H3,(H,22,23)/t18-/m0/s1. The van der Waals surface area contributed by atoms with E-state index in [9.17, 15) is 9.59 Å². The second kappa shape index (κ2) is 8.04. The van der Waals surface area contributed by atoms with Gasteiger partial charge in [0, 0.05) is 0 Å². The van der Waals surface area contributed by atoms with E-state index in [0.717, 1.165) is 30.4 Å². The van der Waals surface area contributed by atoms with Crippen LogP contribution in [0.25, 0.3) is 0 Å². The maximum absolute atomic E-state index is 12.3. The molecule has 0 radical (unpaired) electrons. The van der Waals surface area contributed by atoms with Gasteiger partial charge in [-0.05, 0) is 49.4 Å². The molecule has 26 heavy (non-hydrogen) atoms. The van der Waals surface area contributed by atoms with Gasteiger partial charge in [-0.2, -0.15) is 0 Å². The first-order valence-electron chi connectivity index (χ1n) is 8.77. The summed E-state index contributed by atoms with van der Waals surface area (Å²) in [4.78, 5) is 24.5. The van der Waals surface area contributed by atoms with Crippen molar-refractivity contribution in [3.8, 4) is 5.75 Å². The van der Waals surface area contributed by atoms with E-state index in [4.69, 9.17) is 9.47 Å². The second-order valence-electron chi connectivity index (χ2n) is 6.49. The minimum atomic E-state index is -0.565. The van der Waals surface area contributed by atoms with Crippen molar-refractivity contribution >= 4 is 11.9 Å². The number of nitrogens with one attached hydrogen (secondary N) is 1. The SMILES string of the molecule is COc1ccc(C)cc1C(=O)OCC(=O)N[C@H]1CCCc2ccccc21. The quantitative estimate of drug-likeness (QED) is 0.837. The fraction of sp³-hybridized carbons (Fsp3) is 0.333. The van der Waals surface area contributed by atoms with E-state index >= 15 is 0 Å². The molecule has 1 atom stereocenters. The predicted molar refractivity (Wildman–Crippen MR) is 98.3 cm³/mol. The summed E-state index contributed by atoms with van der Waals surface area (Å²) >= 11 is 0. The van der Waals surface area contributed by atoms with Crippen molar-refractivity contribution < 1.29 is 19.1 Å². The highest BCUT2D eigenvalue weighted by Gasteiger charge is 2.22. The molecule has 136 valence electrons. The molecule has 0 saturated heterocycles. The van der Waals surface area contributed by atoms with Crippen LogP contribution in [-0.2, 0) is 16.0 Å². The average molecular weight is 353 g/mol. The number of methoxy groups -OCH3 is 1. The number of carbonyl (C=O) groups is 2. The number of fused-ring (bicyclic) bond motifs is 1. The van der Waals surface area contributed by atoms with E-state index in [0.29, 0.717) is 11.3 Å². The molecule has 1 aliphatic rings. The van der Waals surface area contributed by atoms with Crippen LogP contribution < -0.4 is 10.1 Å². The summed E-state index contributed by atoms with van der Waals surface area (Å²) in [6.07, 6.45) is 2.95. The lowest BCUT2D eigenvalue weighted by Crippen LogP contribution is -2.34. The molecule has 0 bridgehead atoms. The maximum atomic E-state index is 12.3. The van der Waals surface area contributed by atoms with Gasteiger partial charge in [-0.15, -0.1) is 0 Å². The average Bonchev–Trinajstić information content (AvgIpc) is 2.66. The molecule has 5 heteroatoms. The van der Waals surface area contributed by atoms with Crippen LogP contribution in [-0.4, -0.2) is 25.6 Å². The van der Waals surface area contributed by atoms with Crippen LogP contribution in [0.15, 0.2) is 42.5 Å². The molecule has 0 heterocycles. The van der Waals surface area contributed by atoms with E-state index in [1.54, 1.807) is 12.1 Å². The van der Waals surface area contributed by atoms with Crippen molar-refractivity contribution in [1.29, 1.82) is 0 Å². The molecule has 2 aromatic rings. The maximum Gasteiger partial charge on any atom is 0.342 e. The smallest absolute Gasteiger partial charge is 0.342 e. The third-order valence-corrected chi connectivity index (χ3v) is 4.61. The Kier molecular flexibility index (Phi) is 5.56. The molecule has 0 unspecified atom stereocenters. The van der Waals surface area contributed by atoms with Crippen LogP contribution in [0.4, 0.5) is 0 Å². The third kappa shape index (κ3) is 4.04. The molecule has 1 amide bonds. The number of aryl methyl sites for hydroxylation is 2. The summed E-state index contributed by atoms with van der Waals surface area (Å²) in [6, 6.07) is 13.4. The van der Waals surface area contributed by atoms with Crippen LogP contribution in [0.3, 0.4) is 0 Å². The largest absolute Gasteiger partial charge is 0.496 e. The topological polar surface area (TPSA) is 64.6 Å². The minimum absolute atomic E-state index is 0.0281. The number of ether oxygens (including phenoxy) is 2. The number of amides is 1. The van der Waals surface area contributed by atoms with Gasteiger partial charge in [0.05, 0.1) is 13.2 Å². The summed E-state index contributed by atoms with van der Waals surface area (Å²) in [5.74, 6) is -0.432. The van der Waals surface area contributed by atoms with Gasteiger partial charge >= 0.3 is 5.97 Å². The molecule has 0 aromatic heterocycles. The normalized spacial score (nSPS) is 15.7. The van der Waals surface area contributed by atoms with Gasteiger partial charge in [-0.3, -0.25) is 4.79 Å². The van der Waals surface area contributed by atoms with E-state index in [2.05, 4.69) is 11.4 Å². The van der Waals surface area contributed by atoms with E-state index in [1.807, 2.05) is 31.2 Å². The lowest BCUT2D eigenvalue weighted by molar-refractivity contribution is -0.125. The predicted octanol–water partition coefficient (Wildman–Crippen LogP) is 3.35. The molecule has 3 rings (SSSR count). The molecule has 0 fully saturated rings. The Bertz CT molecular complexity index is 815. The number of hydrogen-bond acceptors (Lipinski definition) is 4. The zero-order valence-corrected chi connectivity index (χ0v) is 15.1. The van der Waals surface area contributed by atoms with Crippen molar-refractivity contribution in [3.63, 3.8) is 0 Å². The first-order chi connectivity index (χ1) is 12.6. The minimum Gasteiger partial charge on any atom is -0.496 e. The highest BCUT2D eigenvalue weighted by molar-refractivity contribution is 5.94. The summed E-state index contributed by atoms with van der Waals surface area (Å²) in [5, 5.41) is 2.97. The Labute approximate surface area is 153 Å². The molecule has 0 saturated carbocycles. The van der Waals surface area contributed by atoms with Gasteiger partial charge in [-0.25, -0.2) is 4.79 Å². The van der Waals surface area contributed by atoms with Gasteiger partial charge in [0.2, 0.25) is 0 Å². The molecule has 5 nitrogen and oxygen atoms in total. The Balaban J connectivity index is 1.60. The Hall–Kier alpha value is -2.82. The number of benzene rings is 2. The summed E-state index contributed by atoms with van der Waals surface area (Å²) in [6.45, 7) is 1.57. The summed E-state index contributed by atoms with van der Waals surface area (Å²) in [7, 11) is 1.49. The van der Waals surface area contributed by atoms with Crippen molar-refractivity contribution in [2.75, 3.05) is 13.7 Å². The molecular weight excluding hydrogens is 330 g/mol. The van der Waals surface area contributed by atoms with E-state index < -0.39 is 5.97 Å². The van der Waals surface area contributed by atoms with Crippen LogP contribution in [0, 0.1) is 6.92 Å². The van der Waals surface area contributed by atoms with Gasteiger partial charge in [0.1, 0.15) is 11.3 Å². The first-order valence-corrected chi connectivity index (χ1v) is 8.77. The highest BCUT2D eigenvalue weighted by Crippen LogP contribution is 2.29. The van der Waals surface area contributed by atoms with Gasteiger partial charge in [0.15, 0.2) is 6.61 Å². The van der Waals surface area contributed by atoms with Crippen molar-refractivity contribution in [2.45, 2.75) is 32.2 Å². The second-order valence-corrected chi connectivity index (χ2v) is 6.49. The number of esters is 1. The Morgan fingerprint density at radius 3 is 2.81 bits per heavy atom. The van der Waals surface area contributed by atoms with Crippen LogP contribution in [0.2, 0.25) is 0 Å². The number of rotatable bonds is 5. The summed E-state index contributed by atoms with van der Waals surface area (Å²) in [5.41, 5.74) is 3.66. The Morgan fingerprint density at radius 2 is 2.00 bits per heavy atom. The molecule has 1 N–H and O–H groups in total. The first kappa shape index (κ1) is 18.0. The van der Waals surface area contributed by atoms with E-state index in [1.165, 1.54) is 12.7 Å². The fourth-order valence-corrected chi connectivity index (χ4v) is 3.33. The van der Waals surface area contributed by atoms with Gasteiger partial charge < -0.3 is 14.8 Å².